The van der Waals surface area contributed by atoms with Crippen molar-refractivity contribution >= 4 is 17.4 Å². The highest BCUT2D eigenvalue weighted by Gasteiger charge is 2.25. The van der Waals surface area contributed by atoms with Crippen molar-refractivity contribution in [2.45, 2.75) is 12.5 Å². The van der Waals surface area contributed by atoms with Crippen molar-refractivity contribution in [2.24, 2.45) is 0 Å². The average Bonchev–Trinajstić information content (AvgIpc) is 3.11. The molecule has 8 heteroatoms. The number of amides is 2. The summed E-state index contributed by atoms with van der Waals surface area (Å²) in [5.74, 6) is -1.81. The second-order valence-corrected chi connectivity index (χ2v) is 6.16. The molecular formula is C16H17F2N3O2S. The predicted octanol–water partition coefficient (Wildman–Crippen LogP) is 2.75. The summed E-state index contributed by atoms with van der Waals surface area (Å²) in [5, 5.41) is 4.79. The van der Waals surface area contributed by atoms with Crippen LogP contribution in [0.2, 0.25) is 0 Å². The van der Waals surface area contributed by atoms with Crippen molar-refractivity contribution in [3.8, 4) is 0 Å². The minimum Gasteiger partial charge on any atom is -0.370 e. The molecule has 1 aliphatic heterocycles. The minimum absolute atomic E-state index is 0.193. The molecule has 5 nitrogen and oxygen atoms in total. The number of carbonyl (C=O) groups excluding carboxylic acids is 1. The number of aromatic nitrogens is 1. The van der Waals surface area contributed by atoms with Gasteiger partial charge in [0.2, 0.25) is 0 Å². The normalized spacial score (nSPS) is 17.8. The molecule has 24 heavy (non-hydrogen) atoms. The Kier molecular flexibility index (Phi) is 5.37. The van der Waals surface area contributed by atoms with Gasteiger partial charge in [-0.1, -0.05) is 6.07 Å². The molecule has 1 aliphatic rings. The molecule has 0 saturated carbocycles. The molecule has 0 aliphatic carbocycles. The molecule has 2 heterocycles. The molecule has 3 rings (SSSR count). The third kappa shape index (κ3) is 4.07. The zero-order chi connectivity index (χ0) is 16.9. The van der Waals surface area contributed by atoms with Gasteiger partial charge >= 0.3 is 6.03 Å². The van der Waals surface area contributed by atoms with Gasteiger partial charge in [0.1, 0.15) is 6.10 Å². The van der Waals surface area contributed by atoms with Crippen molar-refractivity contribution in [2.75, 3.05) is 26.2 Å². The van der Waals surface area contributed by atoms with Crippen LogP contribution in [0.25, 0.3) is 0 Å². The Labute approximate surface area is 142 Å². The Morgan fingerprint density at radius 2 is 2.29 bits per heavy atom. The minimum atomic E-state index is -0.916. The zero-order valence-electron chi connectivity index (χ0n) is 12.9. The Hall–Kier alpha value is -2.06. The number of rotatable bonds is 4. The van der Waals surface area contributed by atoms with Crippen LogP contribution in [0.3, 0.4) is 0 Å². The third-order valence-corrected chi connectivity index (χ3v) is 4.45. The van der Waals surface area contributed by atoms with Crippen LogP contribution >= 0.6 is 11.3 Å². The number of urea groups is 1. The average molecular weight is 353 g/mol. The molecular weight excluding hydrogens is 336 g/mol. The van der Waals surface area contributed by atoms with E-state index in [0.717, 1.165) is 17.8 Å². The standard InChI is InChI=1S/C16H17F2N3O2S/c17-13-2-1-11(7-14(13)18)15-8-21(5-6-23-15)16(22)19-4-3-12-9-24-10-20-12/h1-2,7,9-10,15H,3-6,8H2,(H,19,22)/t15-/m1/s1. The quantitative estimate of drug-likeness (QED) is 0.920. The van der Waals surface area contributed by atoms with Gasteiger partial charge in [-0.3, -0.25) is 0 Å². The summed E-state index contributed by atoms with van der Waals surface area (Å²) >= 11 is 1.52. The fourth-order valence-corrected chi connectivity index (χ4v) is 3.11. The van der Waals surface area contributed by atoms with Gasteiger partial charge in [-0.2, -0.15) is 0 Å². The number of benzene rings is 1. The van der Waals surface area contributed by atoms with E-state index in [-0.39, 0.29) is 6.03 Å². The topological polar surface area (TPSA) is 54.5 Å². The number of carbonyl (C=O) groups is 1. The van der Waals surface area contributed by atoms with E-state index in [0.29, 0.717) is 38.2 Å². The Morgan fingerprint density at radius 3 is 3.04 bits per heavy atom. The first kappa shape index (κ1) is 16.8. The van der Waals surface area contributed by atoms with E-state index in [2.05, 4.69) is 10.3 Å². The molecule has 0 unspecified atom stereocenters. The smallest absolute Gasteiger partial charge is 0.317 e. The van der Waals surface area contributed by atoms with E-state index in [1.807, 2.05) is 5.38 Å². The van der Waals surface area contributed by atoms with Gasteiger partial charge in [0.25, 0.3) is 0 Å². The lowest BCUT2D eigenvalue weighted by Gasteiger charge is -2.33. The SMILES string of the molecule is O=C(NCCc1cscn1)N1CCO[C@@H](c2ccc(F)c(F)c2)C1. The van der Waals surface area contributed by atoms with E-state index in [1.165, 1.54) is 17.4 Å². The van der Waals surface area contributed by atoms with Crippen molar-refractivity contribution in [3.05, 3.63) is 52.0 Å². The number of halogens is 2. The highest BCUT2D eigenvalue weighted by Crippen LogP contribution is 2.23. The summed E-state index contributed by atoms with van der Waals surface area (Å²) in [6, 6.07) is 3.47. The lowest BCUT2D eigenvalue weighted by Crippen LogP contribution is -2.47. The van der Waals surface area contributed by atoms with Crippen LogP contribution in [-0.2, 0) is 11.2 Å². The van der Waals surface area contributed by atoms with Gasteiger partial charge in [-0.05, 0) is 17.7 Å². The summed E-state index contributed by atoms with van der Waals surface area (Å²) in [4.78, 5) is 18.0. The van der Waals surface area contributed by atoms with Crippen LogP contribution in [0.4, 0.5) is 13.6 Å². The molecule has 0 bridgehead atoms. The molecule has 1 atom stereocenters. The predicted molar refractivity (Wildman–Crippen MR) is 85.8 cm³/mol. The van der Waals surface area contributed by atoms with Crippen LogP contribution in [-0.4, -0.2) is 42.2 Å². The number of thiazole rings is 1. The largest absolute Gasteiger partial charge is 0.370 e. The summed E-state index contributed by atoms with van der Waals surface area (Å²) in [5.41, 5.74) is 3.22. The first-order valence-electron chi connectivity index (χ1n) is 7.60. The molecule has 1 fully saturated rings. The monoisotopic (exact) mass is 353 g/mol. The Balaban J connectivity index is 1.54. The lowest BCUT2D eigenvalue weighted by molar-refractivity contribution is -0.0155. The van der Waals surface area contributed by atoms with E-state index in [9.17, 15) is 13.6 Å². The van der Waals surface area contributed by atoms with E-state index in [4.69, 9.17) is 4.74 Å². The van der Waals surface area contributed by atoms with Crippen molar-refractivity contribution in [1.29, 1.82) is 0 Å². The molecule has 0 radical (unpaired) electrons. The van der Waals surface area contributed by atoms with Crippen molar-refractivity contribution < 1.29 is 18.3 Å². The third-order valence-electron chi connectivity index (χ3n) is 3.81. The number of hydrogen-bond acceptors (Lipinski definition) is 4. The van der Waals surface area contributed by atoms with Gasteiger partial charge in [0.05, 0.1) is 24.4 Å². The number of ether oxygens (including phenoxy) is 1. The van der Waals surface area contributed by atoms with Gasteiger partial charge in [0, 0.05) is 24.9 Å². The highest BCUT2D eigenvalue weighted by atomic mass is 32.1. The molecule has 128 valence electrons. The Morgan fingerprint density at radius 1 is 1.42 bits per heavy atom. The molecule has 1 aromatic carbocycles. The number of morpholine rings is 1. The molecule has 1 aromatic heterocycles. The van der Waals surface area contributed by atoms with Crippen molar-refractivity contribution in [3.63, 3.8) is 0 Å². The van der Waals surface area contributed by atoms with Crippen LogP contribution < -0.4 is 5.32 Å². The second-order valence-electron chi connectivity index (χ2n) is 5.44. The first-order chi connectivity index (χ1) is 11.6. The molecule has 2 amide bonds. The highest BCUT2D eigenvalue weighted by molar-refractivity contribution is 7.07. The van der Waals surface area contributed by atoms with Crippen LogP contribution in [0.15, 0.2) is 29.1 Å². The number of hydrogen-bond donors (Lipinski definition) is 1. The van der Waals surface area contributed by atoms with Crippen molar-refractivity contribution in [1.82, 2.24) is 15.2 Å². The van der Waals surface area contributed by atoms with E-state index < -0.39 is 17.7 Å². The lowest BCUT2D eigenvalue weighted by atomic mass is 10.1. The molecule has 1 saturated heterocycles. The molecule has 0 spiro atoms. The van der Waals surface area contributed by atoms with Crippen LogP contribution in [0.1, 0.15) is 17.4 Å². The summed E-state index contributed by atoms with van der Waals surface area (Å²) in [6.07, 6.45) is 0.213. The van der Waals surface area contributed by atoms with E-state index >= 15 is 0 Å². The second kappa shape index (κ2) is 7.67. The van der Waals surface area contributed by atoms with Gasteiger partial charge in [-0.25, -0.2) is 18.6 Å². The van der Waals surface area contributed by atoms with Gasteiger partial charge in [0.15, 0.2) is 11.6 Å². The Bertz CT molecular complexity index is 697. The fourth-order valence-electron chi connectivity index (χ4n) is 2.52. The number of nitrogens with zero attached hydrogens (tertiary/aromatic N) is 2. The van der Waals surface area contributed by atoms with Crippen LogP contribution in [0, 0.1) is 11.6 Å². The maximum absolute atomic E-state index is 13.4. The van der Waals surface area contributed by atoms with Crippen LogP contribution in [0.5, 0.6) is 0 Å². The summed E-state index contributed by atoms with van der Waals surface area (Å²) in [6.45, 7) is 1.61. The van der Waals surface area contributed by atoms with Gasteiger partial charge < -0.3 is 15.0 Å². The zero-order valence-corrected chi connectivity index (χ0v) is 13.7. The number of nitrogens with one attached hydrogen (secondary N) is 1. The van der Waals surface area contributed by atoms with E-state index in [1.54, 1.807) is 10.4 Å². The molecule has 2 aromatic rings. The maximum atomic E-state index is 13.4. The summed E-state index contributed by atoms with van der Waals surface area (Å²) in [7, 11) is 0. The summed E-state index contributed by atoms with van der Waals surface area (Å²) < 4.78 is 32.0. The maximum Gasteiger partial charge on any atom is 0.317 e. The van der Waals surface area contributed by atoms with Gasteiger partial charge in [-0.15, -0.1) is 11.3 Å². The fraction of sp³-hybridized carbons (Fsp3) is 0.375. The first-order valence-corrected chi connectivity index (χ1v) is 8.54. The molecule has 1 N–H and O–H groups in total.